The summed E-state index contributed by atoms with van der Waals surface area (Å²) in [5.41, 5.74) is 18.8. The Kier molecular flexibility index (Phi) is 16.3. The van der Waals surface area contributed by atoms with Crippen molar-refractivity contribution in [3.63, 3.8) is 0 Å². The highest BCUT2D eigenvalue weighted by molar-refractivity contribution is 6.76. The Labute approximate surface area is 317 Å². The van der Waals surface area contributed by atoms with Crippen LogP contribution in [0.15, 0.2) is 10.2 Å². The van der Waals surface area contributed by atoms with E-state index in [4.69, 9.17) is 73.4 Å². The molecule has 0 aromatic heterocycles. The first-order valence-electron chi connectivity index (χ1n) is 17.3. The molecule has 0 aromatic rings. The fourth-order valence-electron chi connectivity index (χ4n) is 6.83. The van der Waals surface area contributed by atoms with Gasteiger partial charge >= 0.3 is 5.97 Å². The van der Waals surface area contributed by atoms with Gasteiger partial charge in [0.05, 0.1) is 30.8 Å². The smallest absolute Gasteiger partial charge is 0.306 e. The number of alkyl halides is 3. The molecule has 0 bridgehead atoms. The van der Waals surface area contributed by atoms with Gasteiger partial charge in [0.2, 0.25) is 12.2 Å². The molecule has 20 heteroatoms. The van der Waals surface area contributed by atoms with Crippen molar-refractivity contribution in [1.29, 1.82) is 5.41 Å². The van der Waals surface area contributed by atoms with Crippen molar-refractivity contribution in [3.05, 3.63) is 20.9 Å². The van der Waals surface area contributed by atoms with Gasteiger partial charge in [0.1, 0.15) is 24.0 Å². The Morgan fingerprint density at radius 2 is 1.29 bits per heavy atom. The second-order valence-electron chi connectivity index (χ2n) is 13.6. The van der Waals surface area contributed by atoms with Gasteiger partial charge in [-0.25, -0.2) is 0 Å². The van der Waals surface area contributed by atoms with Gasteiger partial charge in [-0.2, -0.15) is 0 Å². The minimum Gasteiger partial charge on any atom is -0.457 e. The third-order valence-corrected chi connectivity index (χ3v) is 10.6. The molecule has 3 aliphatic heterocycles. The van der Waals surface area contributed by atoms with Crippen LogP contribution in [0, 0.1) is 29.1 Å². The van der Waals surface area contributed by atoms with E-state index in [1.54, 1.807) is 20.8 Å². The van der Waals surface area contributed by atoms with Crippen molar-refractivity contribution in [2.24, 2.45) is 33.9 Å². The van der Waals surface area contributed by atoms with Crippen LogP contribution in [-0.4, -0.2) is 94.8 Å². The molecule has 3 heterocycles. The molecule has 0 amide bonds. The lowest BCUT2D eigenvalue weighted by atomic mass is 9.81. The number of azide groups is 2. The lowest BCUT2D eigenvalue weighted by molar-refractivity contribution is -0.342. The first-order chi connectivity index (χ1) is 24.4. The molecule has 0 radical (unpaired) electrons. The van der Waals surface area contributed by atoms with Gasteiger partial charge in [-0.15, -0.1) is 0 Å². The number of hydrogen-bond acceptors (Lipinski definition) is 13. The van der Waals surface area contributed by atoms with Gasteiger partial charge < -0.3 is 38.0 Å². The minimum atomic E-state index is -2.22. The van der Waals surface area contributed by atoms with E-state index in [0.717, 1.165) is 0 Å². The van der Waals surface area contributed by atoms with E-state index >= 15 is 0 Å². The maximum absolute atomic E-state index is 13.3. The Morgan fingerprint density at radius 1 is 0.731 bits per heavy atom. The minimum absolute atomic E-state index is 0.0371. The Balaban J connectivity index is 2.01. The molecule has 1 N–H and O–H groups in total. The predicted molar refractivity (Wildman–Crippen MR) is 188 cm³/mol. The van der Waals surface area contributed by atoms with E-state index in [1.807, 2.05) is 20.8 Å². The van der Waals surface area contributed by atoms with Crippen LogP contribution in [0.2, 0.25) is 0 Å². The first kappa shape index (κ1) is 44.0. The summed E-state index contributed by atoms with van der Waals surface area (Å²) in [6.45, 7) is 13.8. The van der Waals surface area contributed by atoms with Crippen LogP contribution >= 0.6 is 34.8 Å². The van der Waals surface area contributed by atoms with Gasteiger partial charge in [-0.3, -0.25) is 15.0 Å². The van der Waals surface area contributed by atoms with E-state index in [9.17, 15) is 25.4 Å². The van der Waals surface area contributed by atoms with Crippen LogP contribution in [0.1, 0.15) is 81.1 Å². The van der Waals surface area contributed by atoms with E-state index in [1.165, 1.54) is 13.8 Å². The highest BCUT2D eigenvalue weighted by atomic mass is 35.6. The topological polar surface area (TPSA) is 237 Å². The molecular formula is C32H48Cl3N7O10. The molecule has 52 heavy (non-hydrogen) atoms. The zero-order chi connectivity index (χ0) is 39.1. The van der Waals surface area contributed by atoms with Crippen molar-refractivity contribution in [2.75, 3.05) is 0 Å². The van der Waals surface area contributed by atoms with Crippen molar-refractivity contribution >= 4 is 58.2 Å². The number of esters is 1. The fraction of sp³-hybridized carbons (Fsp3) is 0.875. The highest BCUT2D eigenvalue weighted by Gasteiger charge is 2.54. The summed E-state index contributed by atoms with van der Waals surface area (Å²) in [4.78, 5) is 44.0. The van der Waals surface area contributed by atoms with Crippen molar-refractivity contribution in [3.8, 4) is 0 Å². The van der Waals surface area contributed by atoms with Crippen LogP contribution in [0.3, 0.4) is 0 Å². The summed E-state index contributed by atoms with van der Waals surface area (Å²) in [6, 6.07) is -1.84. The van der Waals surface area contributed by atoms with Crippen LogP contribution in [0.4, 0.5) is 0 Å². The summed E-state index contributed by atoms with van der Waals surface area (Å²) in [5.74, 6) is -3.69. The van der Waals surface area contributed by atoms with Gasteiger partial charge in [0.15, 0.2) is 24.5 Å². The molecular weight excluding hydrogens is 749 g/mol. The monoisotopic (exact) mass is 795 g/mol. The largest absolute Gasteiger partial charge is 0.457 e. The summed E-state index contributed by atoms with van der Waals surface area (Å²) < 4.78 is 40.9. The number of carbonyl (C=O) groups is 3. The van der Waals surface area contributed by atoms with E-state index in [-0.39, 0.29) is 36.6 Å². The number of ether oxygens (including phenoxy) is 7. The Morgan fingerprint density at radius 3 is 1.81 bits per heavy atom. The quantitative estimate of drug-likeness (QED) is 0.0363. The van der Waals surface area contributed by atoms with Crippen molar-refractivity contribution in [1.82, 2.24) is 0 Å². The second-order valence-corrected chi connectivity index (χ2v) is 15.8. The Bertz CT molecular complexity index is 1390. The number of Topliss-reactive ketones (excluding diaryl/α,β-unsaturated/α-hetero) is 2. The molecule has 3 saturated heterocycles. The van der Waals surface area contributed by atoms with E-state index in [2.05, 4.69) is 20.1 Å². The lowest BCUT2D eigenvalue weighted by Gasteiger charge is -2.50. The van der Waals surface area contributed by atoms with Crippen LogP contribution in [0.25, 0.3) is 20.9 Å². The summed E-state index contributed by atoms with van der Waals surface area (Å²) in [5, 5.41) is 15.8. The number of nitrogens with zero attached hydrogens (tertiary/aromatic N) is 6. The molecule has 0 spiro atoms. The molecule has 15 atom stereocenters. The van der Waals surface area contributed by atoms with Crippen LogP contribution in [-0.2, 0) is 47.5 Å². The van der Waals surface area contributed by atoms with E-state index < -0.39 is 94.8 Å². The number of rotatable bonds is 14. The molecule has 17 nitrogen and oxygen atoms in total. The van der Waals surface area contributed by atoms with E-state index in [0.29, 0.717) is 12.8 Å². The summed E-state index contributed by atoms with van der Waals surface area (Å²) in [7, 11) is 0. The first-order valence-corrected chi connectivity index (χ1v) is 18.4. The fourth-order valence-corrected chi connectivity index (χ4v) is 6.96. The van der Waals surface area contributed by atoms with Gasteiger partial charge in [-0.05, 0) is 55.5 Å². The molecule has 3 fully saturated rings. The SMILES string of the molecule is CCC1O[C@H](OC(=N)C(Cl)(Cl)Cl)C(N=[N+]=[N-])[C@@H](C)[C@@H]1O[C@@H]1O[C@@H](C(C)=O)[C@@H](O[C@H]2O[C@@H](CC)[C@@H](C)[C@H](C)C2N=[N+]=[N-])[C@H](C)C1OC(=O)CCC(C)=O. The van der Waals surface area contributed by atoms with Gasteiger partial charge in [-0.1, -0.05) is 86.6 Å². The summed E-state index contributed by atoms with van der Waals surface area (Å²) in [6.07, 6.45) is -8.52. The normalized spacial score (nSPS) is 37.9. The zero-order valence-corrected chi connectivity index (χ0v) is 32.7. The molecule has 3 aliphatic rings. The number of ketones is 2. The standard InChI is InChI=1S/C32H48Cl3N7O10/c1-9-19-14(4)15(5)22(39-41-37)28(46-19)50-25-17(7)26(48-21(45)12-11-13(3)43)30(51-27(25)18(8)44)49-24-16(6)23(40-42-38)29(47-20(24)10-2)52-31(36)32(33,34)35/h14-17,19-20,22-30,36H,9-12H2,1-8H3/t14-,15-,16+,17-,19-,20?,22?,23?,24-,25-,26?,27-,28+,29+,30+/m0/s1. The molecule has 3 rings (SSSR count). The number of carbonyl (C=O) groups excluding carboxylic acids is 3. The third-order valence-electron chi connectivity index (χ3n) is 10.0. The lowest BCUT2D eigenvalue weighted by Crippen LogP contribution is -2.63. The van der Waals surface area contributed by atoms with Gasteiger partial charge in [0, 0.05) is 22.2 Å². The number of hydrogen-bond donors (Lipinski definition) is 1. The van der Waals surface area contributed by atoms with Crippen molar-refractivity contribution in [2.45, 2.75) is 152 Å². The molecule has 0 aliphatic carbocycles. The number of halogens is 3. The average Bonchev–Trinajstić information content (AvgIpc) is 3.07. The third kappa shape index (κ3) is 10.6. The number of nitrogens with one attached hydrogen (secondary N) is 1. The van der Waals surface area contributed by atoms with Crippen LogP contribution in [0.5, 0.6) is 0 Å². The maximum atomic E-state index is 13.3. The summed E-state index contributed by atoms with van der Waals surface area (Å²) >= 11 is 17.5. The van der Waals surface area contributed by atoms with Crippen molar-refractivity contribution < 1.29 is 47.5 Å². The molecule has 292 valence electrons. The maximum Gasteiger partial charge on any atom is 0.306 e. The van der Waals surface area contributed by atoms with Gasteiger partial charge in [0.25, 0.3) is 3.79 Å². The zero-order valence-electron chi connectivity index (χ0n) is 30.4. The predicted octanol–water partition coefficient (Wildman–Crippen LogP) is 6.89. The molecule has 0 saturated carbocycles. The molecule has 0 aromatic carbocycles. The second kappa shape index (κ2) is 19.2. The highest BCUT2D eigenvalue weighted by Crippen LogP contribution is 2.41. The van der Waals surface area contributed by atoms with Crippen LogP contribution < -0.4 is 0 Å². The Hall–Kier alpha value is -2.43. The molecule has 4 unspecified atom stereocenters. The average molecular weight is 797 g/mol.